The van der Waals surface area contributed by atoms with Gasteiger partial charge in [-0.15, -0.1) is 0 Å². The maximum atomic E-state index is 4.45. The summed E-state index contributed by atoms with van der Waals surface area (Å²) in [5, 5.41) is 7.82. The molecule has 5 rings (SSSR count). The van der Waals surface area contributed by atoms with Crippen LogP contribution >= 0.6 is 0 Å². The average molecular weight is 381 g/mol. The first-order chi connectivity index (χ1) is 14.3. The monoisotopic (exact) mass is 381 g/mol. The number of aromatic nitrogens is 5. The standard InChI is InChI=1S/C22H19N7/c1-29-14-27-20-19(29)9-10-23-22(20)28-16-6-4-5-15(11-16)12-24-21-17-7-2-3-8-18(17)25-13-26-21/h2-11,13-14H,12H2,1H3,(H,23,28)(H,24,25,26). The smallest absolute Gasteiger partial charge is 0.158 e. The number of hydrogen-bond donors (Lipinski definition) is 2. The third-order valence-electron chi connectivity index (χ3n) is 4.84. The van der Waals surface area contributed by atoms with Crippen molar-refractivity contribution in [3.63, 3.8) is 0 Å². The van der Waals surface area contributed by atoms with Gasteiger partial charge in [-0.2, -0.15) is 0 Å². The van der Waals surface area contributed by atoms with Crippen LogP contribution in [0.2, 0.25) is 0 Å². The fourth-order valence-electron chi connectivity index (χ4n) is 3.38. The number of hydrogen-bond acceptors (Lipinski definition) is 6. The van der Waals surface area contributed by atoms with Gasteiger partial charge < -0.3 is 15.2 Å². The van der Waals surface area contributed by atoms with E-state index in [1.165, 1.54) is 0 Å². The molecule has 7 nitrogen and oxygen atoms in total. The van der Waals surface area contributed by atoms with Crippen LogP contribution in [-0.2, 0) is 13.6 Å². The average Bonchev–Trinajstić information content (AvgIpc) is 3.14. The number of benzene rings is 2. The van der Waals surface area contributed by atoms with Crippen LogP contribution in [0.15, 0.2) is 73.4 Å². The number of nitrogens with one attached hydrogen (secondary N) is 2. The molecule has 0 saturated carbocycles. The summed E-state index contributed by atoms with van der Waals surface area (Å²) >= 11 is 0. The molecule has 0 unspecified atom stereocenters. The highest BCUT2D eigenvalue weighted by molar-refractivity contribution is 5.89. The summed E-state index contributed by atoms with van der Waals surface area (Å²) in [7, 11) is 1.97. The van der Waals surface area contributed by atoms with Gasteiger partial charge in [-0.1, -0.05) is 24.3 Å². The minimum Gasteiger partial charge on any atom is -0.365 e. The van der Waals surface area contributed by atoms with Crippen LogP contribution in [0.4, 0.5) is 17.3 Å². The maximum Gasteiger partial charge on any atom is 0.158 e. The lowest BCUT2D eigenvalue weighted by Crippen LogP contribution is -2.03. The summed E-state index contributed by atoms with van der Waals surface area (Å²) in [6.07, 6.45) is 5.17. The number of pyridine rings is 1. The fraction of sp³-hybridized carbons (Fsp3) is 0.0909. The summed E-state index contributed by atoms with van der Waals surface area (Å²) in [5.41, 5.74) is 4.91. The van der Waals surface area contributed by atoms with Gasteiger partial charge in [-0.05, 0) is 35.9 Å². The molecular weight excluding hydrogens is 362 g/mol. The van der Waals surface area contributed by atoms with E-state index in [-0.39, 0.29) is 0 Å². The quantitative estimate of drug-likeness (QED) is 0.473. The first kappa shape index (κ1) is 17.1. The number of nitrogens with zero attached hydrogens (tertiary/aromatic N) is 5. The van der Waals surface area contributed by atoms with Gasteiger partial charge in [-0.25, -0.2) is 19.9 Å². The van der Waals surface area contributed by atoms with Crippen LogP contribution in [0.3, 0.4) is 0 Å². The van der Waals surface area contributed by atoms with Crippen molar-refractivity contribution in [2.24, 2.45) is 7.05 Å². The lowest BCUT2D eigenvalue weighted by molar-refractivity contribution is 0.947. The number of rotatable bonds is 5. The highest BCUT2D eigenvalue weighted by Crippen LogP contribution is 2.24. The third kappa shape index (κ3) is 3.34. The van der Waals surface area contributed by atoms with Crippen molar-refractivity contribution in [2.75, 3.05) is 10.6 Å². The first-order valence-electron chi connectivity index (χ1n) is 9.33. The van der Waals surface area contributed by atoms with Crippen LogP contribution in [0, 0.1) is 0 Å². The molecule has 0 radical (unpaired) electrons. The summed E-state index contributed by atoms with van der Waals surface area (Å²) in [4.78, 5) is 17.6. The van der Waals surface area contributed by atoms with Crippen molar-refractivity contribution < 1.29 is 0 Å². The van der Waals surface area contributed by atoms with Crippen molar-refractivity contribution in [3.05, 3.63) is 79.0 Å². The third-order valence-corrected chi connectivity index (χ3v) is 4.84. The molecule has 0 spiro atoms. The lowest BCUT2D eigenvalue weighted by atomic mass is 10.2. The number of para-hydroxylation sites is 1. The Labute approximate surface area is 167 Å². The topological polar surface area (TPSA) is 80.5 Å². The number of aryl methyl sites for hydroxylation is 1. The molecule has 0 atom stereocenters. The number of fused-ring (bicyclic) bond motifs is 2. The minimum absolute atomic E-state index is 0.651. The van der Waals surface area contributed by atoms with Crippen LogP contribution in [0.5, 0.6) is 0 Å². The Morgan fingerprint density at radius 3 is 2.79 bits per heavy atom. The molecule has 2 aromatic carbocycles. The van der Waals surface area contributed by atoms with Gasteiger partial charge in [0.2, 0.25) is 0 Å². The molecule has 2 N–H and O–H groups in total. The Hall–Kier alpha value is -4.00. The molecule has 142 valence electrons. The van der Waals surface area contributed by atoms with Gasteiger partial charge in [0.05, 0.1) is 17.4 Å². The van der Waals surface area contributed by atoms with Gasteiger partial charge >= 0.3 is 0 Å². The number of anilines is 3. The second-order valence-electron chi connectivity index (χ2n) is 6.80. The Morgan fingerprint density at radius 1 is 0.897 bits per heavy atom. The molecule has 5 aromatic rings. The van der Waals surface area contributed by atoms with E-state index in [1.54, 1.807) is 18.9 Å². The van der Waals surface area contributed by atoms with E-state index < -0.39 is 0 Å². The summed E-state index contributed by atoms with van der Waals surface area (Å²) in [6.45, 7) is 0.651. The molecule has 7 heteroatoms. The van der Waals surface area contributed by atoms with Crippen molar-refractivity contribution in [2.45, 2.75) is 6.54 Å². The van der Waals surface area contributed by atoms with E-state index in [1.807, 2.05) is 54.1 Å². The van der Waals surface area contributed by atoms with E-state index >= 15 is 0 Å². The minimum atomic E-state index is 0.651. The molecule has 0 fully saturated rings. The Balaban J connectivity index is 1.37. The Bertz CT molecular complexity index is 1300. The van der Waals surface area contributed by atoms with E-state index in [4.69, 9.17) is 0 Å². The Kier molecular flexibility index (Phi) is 4.25. The molecule has 0 aliphatic rings. The van der Waals surface area contributed by atoms with E-state index in [2.05, 4.69) is 42.7 Å². The van der Waals surface area contributed by atoms with Crippen LogP contribution in [0.25, 0.3) is 21.9 Å². The summed E-state index contributed by atoms with van der Waals surface area (Å²) in [6, 6.07) is 18.2. The van der Waals surface area contributed by atoms with Gasteiger partial charge in [0.25, 0.3) is 0 Å². The molecule has 0 aliphatic heterocycles. The SMILES string of the molecule is Cn1cnc2c(Nc3cccc(CNc4ncnc5ccccc45)c3)nccc21. The Morgan fingerprint density at radius 2 is 1.83 bits per heavy atom. The fourth-order valence-corrected chi connectivity index (χ4v) is 3.38. The van der Waals surface area contributed by atoms with E-state index in [9.17, 15) is 0 Å². The molecule has 0 bridgehead atoms. The molecule has 0 saturated heterocycles. The number of imidazole rings is 1. The highest BCUT2D eigenvalue weighted by Gasteiger charge is 2.08. The highest BCUT2D eigenvalue weighted by atomic mass is 15.1. The van der Waals surface area contributed by atoms with Gasteiger partial charge in [0, 0.05) is 30.9 Å². The molecule has 0 amide bonds. The van der Waals surface area contributed by atoms with Crippen LogP contribution in [0.1, 0.15) is 5.56 Å². The molecular formula is C22H19N7. The molecule has 0 aliphatic carbocycles. The zero-order valence-electron chi connectivity index (χ0n) is 15.9. The van der Waals surface area contributed by atoms with Gasteiger partial charge in [-0.3, -0.25) is 0 Å². The predicted molar refractivity (Wildman–Crippen MR) is 115 cm³/mol. The van der Waals surface area contributed by atoms with Crippen LogP contribution in [-0.4, -0.2) is 24.5 Å². The normalized spacial score (nSPS) is 11.1. The molecule has 29 heavy (non-hydrogen) atoms. The van der Waals surface area contributed by atoms with Crippen molar-refractivity contribution in [3.8, 4) is 0 Å². The van der Waals surface area contributed by atoms with E-state index in [0.717, 1.165) is 44.8 Å². The second-order valence-corrected chi connectivity index (χ2v) is 6.80. The zero-order chi connectivity index (χ0) is 19.6. The van der Waals surface area contributed by atoms with Crippen molar-refractivity contribution in [1.29, 1.82) is 0 Å². The van der Waals surface area contributed by atoms with Crippen molar-refractivity contribution >= 4 is 39.3 Å². The second kappa shape index (κ2) is 7.20. The lowest BCUT2D eigenvalue weighted by Gasteiger charge is -2.11. The zero-order valence-corrected chi connectivity index (χ0v) is 15.9. The summed E-state index contributed by atoms with van der Waals surface area (Å²) < 4.78 is 1.98. The molecule has 3 aromatic heterocycles. The first-order valence-corrected chi connectivity index (χ1v) is 9.33. The molecule has 3 heterocycles. The largest absolute Gasteiger partial charge is 0.365 e. The van der Waals surface area contributed by atoms with Crippen molar-refractivity contribution in [1.82, 2.24) is 24.5 Å². The van der Waals surface area contributed by atoms with Crippen LogP contribution < -0.4 is 10.6 Å². The summed E-state index contributed by atoms with van der Waals surface area (Å²) in [5.74, 6) is 1.57. The maximum absolute atomic E-state index is 4.45. The predicted octanol–water partition coefficient (Wildman–Crippen LogP) is 4.27. The van der Waals surface area contributed by atoms with Gasteiger partial charge in [0.1, 0.15) is 17.7 Å². The van der Waals surface area contributed by atoms with E-state index in [0.29, 0.717) is 6.54 Å². The van der Waals surface area contributed by atoms with Gasteiger partial charge in [0.15, 0.2) is 5.82 Å².